The quantitative estimate of drug-likeness (QED) is 0.413. The number of hydrogen-bond donors (Lipinski definition) is 2. The average molecular weight is 220 g/mol. The van der Waals surface area contributed by atoms with Crippen LogP contribution in [-0.4, -0.2) is 44.8 Å². The minimum Gasteiger partial charge on any atom is -0.394 e. The maximum atomic E-state index is 10.5. The lowest BCUT2D eigenvalue weighted by Crippen LogP contribution is -2.19. The summed E-state index contributed by atoms with van der Waals surface area (Å²) >= 11 is 0. The van der Waals surface area contributed by atoms with Crippen LogP contribution in [-0.2, 0) is 24.4 Å². The molecule has 0 fully saturated rings. The Morgan fingerprint density at radius 1 is 1.17 bits per heavy atom. The fraction of sp³-hybridized carbons (Fsp3) is 1.00. The third-order valence-corrected chi connectivity index (χ3v) is 3.52. The molecule has 0 rings (SSSR count). The second-order valence-corrected chi connectivity index (χ2v) is 5.26. The second-order valence-electron chi connectivity index (χ2n) is 1.80. The Balaban J connectivity index is 4.26. The number of hydrogen-bond acceptors (Lipinski definition) is 6. The summed E-state index contributed by atoms with van der Waals surface area (Å²) in [5.74, 6) is 0. The minimum atomic E-state index is -4.61. The maximum absolute atomic E-state index is 10.5. The Labute approximate surface area is 69.8 Å². The molecular weight excluding hydrogens is 212 g/mol. The van der Waals surface area contributed by atoms with Gasteiger partial charge in [0.1, 0.15) is 0 Å². The average Bonchev–Trinajstić information content (AvgIpc) is 1.78. The van der Waals surface area contributed by atoms with Crippen molar-refractivity contribution in [1.29, 1.82) is 0 Å². The summed E-state index contributed by atoms with van der Waals surface area (Å²) in [6.07, 6.45) is 0. The molecule has 2 N–H and O–H groups in total. The van der Waals surface area contributed by atoms with Gasteiger partial charge in [0, 0.05) is 0 Å². The molecule has 0 saturated carbocycles. The standard InChI is InChI=1S/C3H8O7S2/c4-1-2-10-12(8,9)3-11(5,6)7/h4H,1-3H2,(H,5,6,7). The van der Waals surface area contributed by atoms with Gasteiger partial charge in [-0.05, 0) is 0 Å². The van der Waals surface area contributed by atoms with Crippen LogP contribution < -0.4 is 0 Å². The lowest BCUT2D eigenvalue weighted by Gasteiger charge is -2.00. The third kappa shape index (κ3) is 6.49. The van der Waals surface area contributed by atoms with Gasteiger partial charge in [0.05, 0.1) is 13.2 Å². The van der Waals surface area contributed by atoms with Gasteiger partial charge in [-0.1, -0.05) is 0 Å². The topological polar surface area (TPSA) is 118 Å². The van der Waals surface area contributed by atoms with E-state index in [-0.39, 0.29) is 0 Å². The highest BCUT2D eigenvalue weighted by molar-refractivity contribution is 8.03. The summed E-state index contributed by atoms with van der Waals surface area (Å²) in [6, 6.07) is 0. The van der Waals surface area contributed by atoms with E-state index >= 15 is 0 Å². The summed E-state index contributed by atoms with van der Waals surface area (Å²) in [5.41, 5.74) is 0. The molecule has 0 aliphatic carbocycles. The molecule has 0 atom stereocenters. The predicted molar refractivity (Wildman–Crippen MR) is 38.4 cm³/mol. The molecule has 74 valence electrons. The van der Waals surface area contributed by atoms with E-state index in [1.165, 1.54) is 0 Å². The Kier molecular flexibility index (Phi) is 4.06. The lowest BCUT2D eigenvalue weighted by atomic mass is 10.8. The van der Waals surface area contributed by atoms with E-state index in [1.807, 2.05) is 0 Å². The number of rotatable bonds is 5. The molecule has 0 radical (unpaired) electrons. The van der Waals surface area contributed by atoms with Crippen molar-refractivity contribution in [2.45, 2.75) is 0 Å². The predicted octanol–water partition coefficient (Wildman–Crippen LogP) is -1.83. The van der Waals surface area contributed by atoms with Crippen molar-refractivity contribution in [1.82, 2.24) is 0 Å². The van der Waals surface area contributed by atoms with Crippen LogP contribution in [0.4, 0.5) is 0 Å². The summed E-state index contributed by atoms with van der Waals surface area (Å²) in [7, 11) is -8.91. The van der Waals surface area contributed by atoms with E-state index in [0.717, 1.165) is 0 Å². The first-order valence-electron chi connectivity index (χ1n) is 2.70. The fourth-order valence-corrected chi connectivity index (χ4v) is 2.44. The molecule has 0 aliphatic heterocycles. The highest BCUT2D eigenvalue weighted by atomic mass is 32.3. The zero-order valence-corrected chi connectivity index (χ0v) is 7.51. The van der Waals surface area contributed by atoms with E-state index in [0.29, 0.717) is 0 Å². The highest BCUT2D eigenvalue weighted by Crippen LogP contribution is 1.96. The highest BCUT2D eigenvalue weighted by Gasteiger charge is 2.20. The van der Waals surface area contributed by atoms with Crippen LogP contribution >= 0.6 is 0 Å². The van der Waals surface area contributed by atoms with Gasteiger partial charge in [0.2, 0.25) is 5.08 Å². The Bertz CT molecular complexity index is 311. The van der Waals surface area contributed by atoms with Crippen molar-refractivity contribution in [3.63, 3.8) is 0 Å². The van der Waals surface area contributed by atoms with Gasteiger partial charge in [-0.25, -0.2) is 0 Å². The molecule has 0 spiro atoms. The number of aliphatic hydroxyl groups is 1. The van der Waals surface area contributed by atoms with Crippen LogP contribution in [0.2, 0.25) is 0 Å². The van der Waals surface area contributed by atoms with Crippen molar-refractivity contribution in [3.8, 4) is 0 Å². The van der Waals surface area contributed by atoms with Crippen LogP contribution in [0.3, 0.4) is 0 Å². The van der Waals surface area contributed by atoms with E-state index in [4.69, 9.17) is 9.66 Å². The Morgan fingerprint density at radius 3 is 2.00 bits per heavy atom. The van der Waals surface area contributed by atoms with Crippen molar-refractivity contribution in [2.75, 3.05) is 18.3 Å². The smallest absolute Gasteiger partial charge is 0.284 e. The van der Waals surface area contributed by atoms with Gasteiger partial charge in [-0.15, -0.1) is 0 Å². The van der Waals surface area contributed by atoms with Gasteiger partial charge >= 0.3 is 0 Å². The van der Waals surface area contributed by atoms with Gasteiger partial charge in [-0.2, -0.15) is 16.8 Å². The van der Waals surface area contributed by atoms with Crippen molar-refractivity contribution >= 4 is 20.2 Å². The first kappa shape index (κ1) is 11.8. The molecule has 0 aromatic carbocycles. The molecule has 0 unspecified atom stereocenters. The molecule has 0 heterocycles. The molecule has 7 nitrogen and oxygen atoms in total. The van der Waals surface area contributed by atoms with Crippen molar-refractivity contribution in [3.05, 3.63) is 0 Å². The minimum absolute atomic E-state index is 0.530. The number of aliphatic hydroxyl groups excluding tert-OH is 1. The normalized spacial score (nSPS) is 13.2. The van der Waals surface area contributed by atoms with E-state index in [9.17, 15) is 16.8 Å². The molecule has 0 aliphatic rings. The largest absolute Gasteiger partial charge is 0.394 e. The van der Waals surface area contributed by atoms with Gasteiger partial charge in [0.25, 0.3) is 20.2 Å². The summed E-state index contributed by atoms with van der Waals surface area (Å²) in [5, 5.41) is 6.63. The van der Waals surface area contributed by atoms with Crippen molar-refractivity contribution < 1.29 is 30.7 Å². The summed E-state index contributed by atoms with van der Waals surface area (Å²) in [4.78, 5) is 0. The van der Waals surface area contributed by atoms with Gasteiger partial charge in [-0.3, -0.25) is 8.74 Å². The van der Waals surface area contributed by atoms with Crippen LogP contribution in [0, 0.1) is 0 Å². The lowest BCUT2D eigenvalue weighted by molar-refractivity contribution is 0.206. The first-order valence-corrected chi connectivity index (χ1v) is 5.88. The van der Waals surface area contributed by atoms with Crippen LogP contribution in [0.5, 0.6) is 0 Å². The van der Waals surface area contributed by atoms with E-state index in [1.54, 1.807) is 0 Å². The molecule has 9 heteroatoms. The summed E-state index contributed by atoms with van der Waals surface area (Å²) < 4.78 is 53.2. The van der Waals surface area contributed by atoms with Crippen LogP contribution in [0.15, 0.2) is 0 Å². The molecule has 0 aromatic rings. The molecule has 0 bridgehead atoms. The molecule has 0 saturated heterocycles. The van der Waals surface area contributed by atoms with Gasteiger partial charge < -0.3 is 5.11 Å². The second kappa shape index (κ2) is 4.14. The SMILES string of the molecule is O=S(=O)(O)CS(=O)(=O)OCCO. The molecular formula is C3H8O7S2. The monoisotopic (exact) mass is 220 g/mol. The molecule has 0 aromatic heterocycles. The van der Waals surface area contributed by atoms with Crippen LogP contribution in [0.25, 0.3) is 0 Å². The van der Waals surface area contributed by atoms with Gasteiger partial charge in [0.15, 0.2) is 0 Å². The third-order valence-electron chi connectivity index (χ3n) is 0.647. The van der Waals surface area contributed by atoms with Crippen molar-refractivity contribution in [2.24, 2.45) is 0 Å². The summed E-state index contributed by atoms with van der Waals surface area (Å²) in [6.45, 7) is -1.08. The molecule has 0 amide bonds. The zero-order chi connectivity index (χ0) is 9.83. The fourth-order valence-electron chi connectivity index (χ4n) is 0.381. The maximum Gasteiger partial charge on any atom is 0.284 e. The zero-order valence-electron chi connectivity index (χ0n) is 5.87. The van der Waals surface area contributed by atoms with E-state index < -0.39 is 38.5 Å². The van der Waals surface area contributed by atoms with Crippen LogP contribution in [0.1, 0.15) is 0 Å². The Hall–Kier alpha value is -0.220. The Morgan fingerprint density at radius 2 is 1.67 bits per heavy atom. The molecule has 12 heavy (non-hydrogen) atoms. The first-order chi connectivity index (χ1) is 5.27. The van der Waals surface area contributed by atoms with E-state index in [2.05, 4.69) is 4.18 Å².